The number of aromatic nitrogens is 2. The lowest BCUT2D eigenvalue weighted by atomic mass is 9.94. The molecule has 0 amide bonds. The van der Waals surface area contributed by atoms with E-state index in [1.165, 1.54) is 32.1 Å². The molecule has 2 unspecified atom stereocenters. The Morgan fingerprint density at radius 1 is 1.17 bits per heavy atom. The van der Waals surface area contributed by atoms with E-state index in [0.717, 1.165) is 18.9 Å². The molecule has 1 N–H and O–H groups in total. The van der Waals surface area contributed by atoms with Crippen molar-refractivity contribution >= 4 is 17.4 Å². The summed E-state index contributed by atoms with van der Waals surface area (Å²) in [6.07, 6.45) is 6.39. The van der Waals surface area contributed by atoms with Crippen molar-refractivity contribution in [3.05, 3.63) is 17.3 Å². The molecular weight excluding hydrogens is 248 g/mol. The fraction of sp³-hybridized carbons (Fsp3) is 0.692. The number of nitrogens with one attached hydrogen (secondary N) is 1. The van der Waals surface area contributed by atoms with Gasteiger partial charge in [0.05, 0.1) is 0 Å². The summed E-state index contributed by atoms with van der Waals surface area (Å²) in [6.45, 7) is 2.24. The van der Waals surface area contributed by atoms with E-state index in [1.54, 1.807) is 0 Å². The zero-order chi connectivity index (χ0) is 12.4. The van der Waals surface area contributed by atoms with Gasteiger partial charge in [0.2, 0.25) is 0 Å². The number of piperidine rings is 1. The van der Waals surface area contributed by atoms with Crippen molar-refractivity contribution in [2.24, 2.45) is 0 Å². The SMILES string of the molecule is Clc1ccc(N2CCCCC2C2CCCN2)nn1. The maximum atomic E-state index is 5.81. The molecule has 0 aromatic carbocycles. The first-order chi connectivity index (χ1) is 8.84. The largest absolute Gasteiger partial charge is 0.351 e. The number of hydrogen-bond acceptors (Lipinski definition) is 4. The number of nitrogens with zero attached hydrogens (tertiary/aromatic N) is 3. The van der Waals surface area contributed by atoms with Crippen molar-refractivity contribution in [2.75, 3.05) is 18.0 Å². The van der Waals surface area contributed by atoms with E-state index in [2.05, 4.69) is 20.4 Å². The van der Waals surface area contributed by atoms with E-state index in [9.17, 15) is 0 Å². The number of hydrogen-bond donors (Lipinski definition) is 1. The van der Waals surface area contributed by atoms with Crippen LogP contribution in [0.25, 0.3) is 0 Å². The average molecular weight is 267 g/mol. The lowest BCUT2D eigenvalue weighted by molar-refractivity contribution is 0.375. The number of halogens is 1. The lowest BCUT2D eigenvalue weighted by Crippen LogP contribution is -2.50. The summed E-state index contributed by atoms with van der Waals surface area (Å²) >= 11 is 5.81. The van der Waals surface area contributed by atoms with Crippen LogP contribution in [0.2, 0.25) is 5.15 Å². The molecule has 1 aromatic rings. The molecule has 2 aliphatic rings. The van der Waals surface area contributed by atoms with Crippen LogP contribution < -0.4 is 10.2 Å². The van der Waals surface area contributed by atoms with Gasteiger partial charge in [-0.2, -0.15) is 0 Å². The van der Waals surface area contributed by atoms with Crippen LogP contribution in [0, 0.1) is 0 Å². The van der Waals surface area contributed by atoms with Gasteiger partial charge in [0, 0.05) is 18.6 Å². The lowest BCUT2D eigenvalue weighted by Gasteiger charge is -2.39. The molecule has 2 aliphatic heterocycles. The second-order valence-electron chi connectivity index (χ2n) is 5.17. The Morgan fingerprint density at radius 3 is 2.83 bits per heavy atom. The topological polar surface area (TPSA) is 41.0 Å². The van der Waals surface area contributed by atoms with Crippen molar-refractivity contribution in [3.63, 3.8) is 0 Å². The van der Waals surface area contributed by atoms with Crippen LogP contribution in [0.1, 0.15) is 32.1 Å². The zero-order valence-corrected chi connectivity index (χ0v) is 11.2. The summed E-state index contributed by atoms with van der Waals surface area (Å²) in [6, 6.07) is 5.00. The Morgan fingerprint density at radius 2 is 2.11 bits per heavy atom. The van der Waals surface area contributed by atoms with E-state index in [0.29, 0.717) is 17.2 Å². The highest BCUT2D eigenvalue weighted by molar-refractivity contribution is 6.29. The molecule has 0 aliphatic carbocycles. The van der Waals surface area contributed by atoms with Crippen LogP contribution >= 0.6 is 11.6 Å². The quantitative estimate of drug-likeness (QED) is 0.891. The van der Waals surface area contributed by atoms with Gasteiger partial charge in [-0.3, -0.25) is 0 Å². The molecule has 5 heteroatoms. The van der Waals surface area contributed by atoms with Crippen molar-refractivity contribution in [2.45, 2.75) is 44.2 Å². The molecule has 18 heavy (non-hydrogen) atoms. The molecule has 3 heterocycles. The van der Waals surface area contributed by atoms with Crippen LogP contribution in [0.15, 0.2) is 12.1 Å². The summed E-state index contributed by atoms with van der Waals surface area (Å²) in [5.41, 5.74) is 0. The normalized spacial score (nSPS) is 28.6. The minimum absolute atomic E-state index is 0.464. The first-order valence-electron chi connectivity index (χ1n) is 6.84. The smallest absolute Gasteiger partial charge is 0.151 e. The van der Waals surface area contributed by atoms with E-state index >= 15 is 0 Å². The summed E-state index contributed by atoms with van der Waals surface area (Å²) in [7, 11) is 0. The third-order valence-corrected chi connectivity index (χ3v) is 4.23. The Bertz CT molecular complexity index is 388. The van der Waals surface area contributed by atoms with Crippen molar-refractivity contribution in [1.82, 2.24) is 15.5 Å². The second-order valence-corrected chi connectivity index (χ2v) is 5.56. The monoisotopic (exact) mass is 266 g/mol. The standard InChI is InChI=1S/C13H19ClN4/c14-12-6-7-13(17-16-12)18-9-2-1-5-11(18)10-4-3-8-15-10/h6-7,10-11,15H,1-5,8-9H2. The Hall–Kier alpha value is -0.870. The first kappa shape index (κ1) is 12.2. The maximum Gasteiger partial charge on any atom is 0.151 e. The third-order valence-electron chi connectivity index (χ3n) is 4.02. The number of rotatable bonds is 2. The predicted octanol–water partition coefficient (Wildman–Crippen LogP) is 2.24. The van der Waals surface area contributed by atoms with Crippen LogP contribution in [0.5, 0.6) is 0 Å². The molecule has 0 bridgehead atoms. The van der Waals surface area contributed by atoms with E-state index < -0.39 is 0 Å². The van der Waals surface area contributed by atoms with Gasteiger partial charge in [0.15, 0.2) is 11.0 Å². The Balaban J connectivity index is 1.80. The van der Waals surface area contributed by atoms with Crippen LogP contribution in [0.4, 0.5) is 5.82 Å². The molecule has 3 rings (SSSR count). The van der Waals surface area contributed by atoms with Crippen molar-refractivity contribution < 1.29 is 0 Å². The molecule has 4 nitrogen and oxygen atoms in total. The molecule has 2 fully saturated rings. The van der Waals surface area contributed by atoms with E-state index in [-0.39, 0.29) is 0 Å². The van der Waals surface area contributed by atoms with Crippen LogP contribution in [-0.4, -0.2) is 35.4 Å². The average Bonchev–Trinajstić information content (AvgIpc) is 2.93. The summed E-state index contributed by atoms with van der Waals surface area (Å²) in [5.74, 6) is 0.970. The molecule has 1 aromatic heterocycles. The maximum absolute atomic E-state index is 5.81. The fourth-order valence-electron chi connectivity index (χ4n) is 3.16. The minimum atomic E-state index is 0.464. The summed E-state index contributed by atoms with van der Waals surface area (Å²) in [5, 5.41) is 12.3. The van der Waals surface area contributed by atoms with Gasteiger partial charge in [0.1, 0.15) is 0 Å². The van der Waals surface area contributed by atoms with Gasteiger partial charge in [-0.15, -0.1) is 10.2 Å². The predicted molar refractivity (Wildman–Crippen MR) is 73.1 cm³/mol. The van der Waals surface area contributed by atoms with Gasteiger partial charge in [-0.25, -0.2) is 0 Å². The molecular formula is C13H19ClN4. The molecule has 0 spiro atoms. The van der Waals surface area contributed by atoms with Gasteiger partial charge in [0.25, 0.3) is 0 Å². The zero-order valence-electron chi connectivity index (χ0n) is 10.5. The molecule has 0 radical (unpaired) electrons. The first-order valence-corrected chi connectivity index (χ1v) is 7.21. The summed E-state index contributed by atoms with van der Waals surface area (Å²) in [4.78, 5) is 2.41. The van der Waals surface area contributed by atoms with Gasteiger partial charge < -0.3 is 10.2 Å². The van der Waals surface area contributed by atoms with Gasteiger partial charge in [-0.05, 0) is 50.8 Å². The van der Waals surface area contributed by atoms with E-state index in [4.69, 9.17) is 11.6 Å². The van der Waals surface area contributed by atoms with Crippen molar-refractivity contribution in [1.29, 1.82) is 0 Å². The Kier molecular flexibility index (Phi) is 3.66. The summed E-state index contributed by atoms with van der Waals surface area (Å²) < 4.78 is 0. The Labute approximate surface area is 113 Å². The molecule has 0 saturated carbocycles. The van der Waals surface area contributed by atoms with Crippen molar-refractivity contribution in [3.8, 4) is 0 Å². The van der Waals surface area contributed by atoms with E-state index in [1.807, 2.05) is 12.1 Å². The highest BCUT2D eigenvalue weighted by Gasteiger charge is 2.32. The highest BCUT2D eigenvalue weighted by atomic mass is 35.5. The number of anilines is 1. The molecule has 98 valence electrons. The molecule has 2 atom stereocenters. The van der Waals surface area contributed by atoms with Crippen LogP contribution in [-0.2, 0) is 0 Å². The van der Waals surface area contributed by atoms with Gasteiger partial charge >= 0.3 is 0 Å². The van der Waals surface area contributed by atoms with Crippen LogP contribution in [0.3, 0.4) is 0 Å². The minimum Gasteiger partial charge on any atom is -0.351 e. The third kappa shape index (κ3) is 2.45. The molecule has 2 saturated heterocycles. The van der Waals surface area contributed by atoms with Gasteiger partial charge in [-0.1, -0.05) is 11.6 Å². The fourth-order valence-corrected chi connectivity index (χ4v) is 3.26. The highest BCUT2D eigenvalue weighted by Crippen LogP contribution is 2.28. The second kappa shape index (κ2) is 5.41.